The van der Waals surface area contributed by atoms with E-state index in [0.29, 0.717) is 33.2 Å². The predicted molar refractivity (Wildman–Crippen MR) is 93.4 cm³/mol. The van der Waals surface area contributed by atoms with Crippen LogP contribution in [0.2, 0.25) is 5.02 Å². The zero-order valence-corrected chi connectivity index (χ0v) is 14.0. The van der Waals surface area contributed by atoms with Gasteiger partial charge in [-0.25, -0.2) is 4.39 Å². The Balaban J connectivity index is 1.97. The number of carbonyl (C=O) groups excluding carboxylic acids is 1. The maximum atomic E-state index is 13.0. The quantitative estimate of drug-likeness (QED) is 0.649. The second-order valence-corrected chi connectivity index (χ2v) is 5.77. The van der Waals surface area contributed by atoms with Gasteiger partial charge in [0.05, 0.1) is 22.6 Å². The number of hydrogen-bond acceptors (Lipinski definition) is 4. The van der Waals surface area contributed by atoms with Crippen LogP contribution in [0.5, 0.6) is 0 Å². The van der Waals surface area contributed by atoms with Gasteiger partial charge in [0.2, 0.25) is 0 Å². The van der Waals surface area contributed by atoms with Crippen LogP contribution in [0.15, 0.2) is 59.0 Å². The van der Waals surface area contributed by atoms with E-state index in [1.807, 2.05) is 6.07 Å². The number of furan rings is 1. The summed E-state index contributed by atoms with van der Waals surface area (Å²) < 4.78 is 18.7. The lowest BCUT2D eigenvalue weighted by Crippen LogP contribution is -2.22. The third-order valence-electron chi connectivity index (χ3n) is 3.66. The zero-order valence-electron chi connectivity index (χ0n) is 13.2. The second kappa shape index (κ2) is 7.26. The minimum absolute atomic E-state index is 0.0260. The van der Waals surface area contributed by atoms with Crippen LogP contribution >= 0.6 is 11.6 Å². The van der Waals surface area contributed by atoms with Crippen LogP contribution in [0, 0.1) is 17.1 Å². The third-order valence-corrected chi connectivity index (χ3v) is 3.99. The predicted octanol–water partition coefficient (Wildman–Crippen LogP) is 4.17. The van der Waals surface area contributed by atoms with Crippen molar-refractivity contribution < 1.29 is 18.7 Å². The van der Waals surface area contributed by atoms with Crippen molar-refractivity contribution in [3.63, 3.8) is 0 Å². The van der Waals surface area contributed by atoms with Gasteiger partial charge >= 0.3 is 0 Å². The minimum Gasteiger partial charge on any atom is -0.545 e. The van der Waals surface area contributed by atoms with Crippen molar-refractivity contribution in [3.05, 3.63) is 82.3 Å². The molecule has 4 nitrogen and oxygen atoms in total. The number of carboxylic acid groups (broad SMARTS) is 1. The fourth-order valence-electron chi connectivity index (χ4n) is 2.37. The van der Waals surface area contributed by atoms with Crippen LogP contribution < -0.4 is 5.11 Å². The largest absolute Gasteiger partial charge is 0.545 e. The second-order valence-electron chi connectivity index (χ2n) is 5.36. The van der Waals surface area contributed by atoms with Crippen molar-refractivity contribution in [3.8, 4) is 17.4 Å². The third kappa shape index (κ3) is 3.66. The molecule has 0 atom stereocenters. The Morgan fingerprint density at radius 3 is 2.46 bits per heavy atom. The number of nitrogens with zero attached hydrogens (tertiary/aromatic N) is 1. The van der Waals surface area contributed by atoms with E-state index in [2.05, 4.69) is 0 Å². The van der Waals surface area contributed by atoms with Crippen molar-refractivity contribution in [2.75, 3.05) is 0 Å². The number of nitriles is 1. The smallest absolute Gasteiger partial charge is 0.136 e. The lowest BCUT2D eigenvalue weighted by atomic mass is 10.1. The molecule has 128 valence electrons. The Morgan fingerprint density at radius 2 is 1.81 bits per heavy atom. The number of carboxylic acids is 1. The summed E-state index contributed by atoms with van der Waals surface area (Å²) in [4.78, 5) is 11.0. The van der Waals surface area contributed by atoms with Gasteiger partial charge in [0.15, 0.2) is 0 Å². The van der Waals surface area contributed by atoms with E-state index in [4.69, 9.17) is 16.0 Å². The molecule has 1 aromatic heterocycles. The van der Waals surface area contributed by atoms with Gasteiger partial charge in [-0.05, 0) is 53.6 Å². The van der Waals surface area contributed by atoms with Gasteiger partial charge in [-0.1, -0.05) is 29.8 Å². The van der Waals surface area contributed by atoms with Crippen LogP contribution in [0.1, 0.15) is 21.7 Å². The summed E-state index contributed by atoms with van der Waals surface area (Å²) in [6.45, 7) is 0. The van der Waals surface area contributed by atoms with Crippen LogP contribution in [0.4, 0.5) is 4.39 Å². The lowest BCUT2D eigenvalue weighted by molar-refractivity contribution is -0.255. The molecule has 0 aliphatic heterocycles. The maximum absolute atomic E-state index is 13.0. The lowest BCUT2D eigenvalue weighted by Gasteiger charge is -2.06. The summed E-state index contributed by atoms with van der Waals surface area (Å²) in [6.07, 6.45) is 1.51. The summed E-state index contributed by atoms with van der Waals surface area (Å²) in [5.41, 5.74) is 1.21. The van der Waals surface area contributed by atoms with Crippen LogP contribution in [-0.2, 0) is 0 Å². The van der Waals surface area contributed by atoms with E-state index < -0.39 is 11.8 Å². The number of carbonyl (C=O) groups is 1. The summed E-state index contributed by atoms with van der Waals surface area (Å²) >= 11 is 6.11. The molecule has 1 heterocycles. The molecule has 0 radical (unpaired) electrons. The highest BCUT2D eigenvalue weighted by atomic mass is 35.5. The first-order valence-corrected chi connectivity index (χ1v) is 7.84. The van der Waals surface area contributed by atoms with Crippen molar-refractivity contribution in [1.29, 1.82) is 5.26 Å². The first-order chi connectivity index (χ1) is 12.5. The van der Waals surface area contributed by atoms with Gasteiger partial charge in [-0.15, -0.1) is 0 Å². The van der Waals surface area contributed by atoms with E-state index in [1.165, 1.54) is 48.5 Å². The molecule has 0 aliphatic carbocycles. The molecule has 0 bridgehead atoms. The van der Waals surface area contributed by atoms with Crippen molar-refractivity contribution in [2.45, 2.75) is 0 Å². The summed E-state index contributed by atoms with van der Waals surface area (Å²) in [5.74, 6) is -0.997. The molecule has 0 amide bonds. The van der Waals surface area contributed by atoms with Crippen molar-refractivity contribution in [1.82, 2.24) is 0 Å². The molecule has 0 fully saturated rings. The number of rotatable bonds is 4. The molecule has 3 aromatic rings. The highest BCUT2D eigenvalue weighted by molar-refractivity contribution is 6.33. The van der Waals surface area contributed by atoms with Crippen LogP contribution in [0.3, 0.4) is 0 Å². The average Bonchev–Trinajstić information content (AvgIpc) is 3.09. The highest BCUT2D eigenvalue weighted by Crippen LogP contribution is 2.31. The molecule has 0 unspecified atom stereocenters. The molecule has 0 N–H and O–H groups in total. The molecule has 6 heteroatoms. The van der Waals surface area contributed by atoms with E-state index in [-0.39, 0.29) is 5.56 Å². The van der Waals surface area contributed by atoms with Gasteiger partial charge in [0.1, 0.15) is 17.3 Å². The highest BCUT2D eigenvalue weighted by Gasteiger charge is 2.11. The normalized spacial score (nSPS) is 11.2. The Bertz CT molecular complexity index is 1050. The molecule has 0 spiro atoms. The number of allylic oxidation sites excluding steroid dienone is 1. The minimum atomic E-state index is -1.32. The SMILES string of the molecule is N#C/C(=C\c1ccc(-c2cc(C(=O)[O-])ccc2Cl)o1)c1ccc(F)cc1. The number of aromatic carboxylic acids is 1. The average molecular weight is 367 g/mol. The first kappa shape index (κ1) is 17.5. The van der Waals surface area contributed by atoms with Gasteiger partial charge in [0.25, 0.3) is 0 Å². The Labute approximate surface area is 153 Å². The fraction of sp³-hybridized carbons (Fsp3) is 0. The molecule has 0 saturated carbocycles. The molecular weight excluding hydrogens is 357 g/mol. The Kier molecular flexibility index (Phi) is 4.87. The summed E-state index contributed by atoms with van der Waals surface area (Å²) in [6, 6.07) is 14.9. The van der Waals surface area contributed by atoms with E-state index >= 15 is 0 Å². The van der Waals surface area contributed by atoms with Crippen molar-refractivity contribution in [2.24, 2.45) is 0 Å². The van der Waals surface area contributed by atoms with E-state index in [1.54, 1.807) is 12.1 Å². The van der Waals surface area contributed by atoms with Gasteiger partial charge in [0, 0.05) is 5.56 Å². The van der Waals surface area contributed by atoms with Crippen molar-refractivity contribution >= 4 is 29.2 Å². The monoisotopic (exact) mass is 366 g/mol. The van der Waals surface area contributed by atoms with Crippen LogP contribution in [0.25, 0.3) is 23.0 Å². The zero-order chi connectivity index (χ0) is 18.7. The molecule has 0 saturated heterocycles. The van der Waals surface area contributed by atoms with Gasteiger partial charge < -0.3 is 14.3 Å². The van der Waals surface area contributed by atoms with Gasteiger partial charge in [-0.2, -0.15) is 5.26 Å². The topological polar surface area (TPSA) is 77.1 Å². The Morgan fingerprint density at radius 1 is 1.12 bits per heavy atom. The molecule has 26 heavy (non-hydrogen) atoms. The fourth-order valence-corrected chi connectivity index (χ4v) is 2.58. The Hall–Kier alpha value is -3.36. The van der Waals surface area contributed by atoms with E-state index in [9.17, 15) is 19.6 Å². The molecular formula is C20H10ClFNO3-. The molecule has 2 aromatic carbocycles. The standard InChI is InChI=1S/C20H11ClFNO3/c21-18-7-3-13(20(24)25)10-17(18)19-8-6-16(26-19)9-14(11-23)12-1-4-15(22)5-2-12/h1-10H,(H,24,25)/p-1/b14-9+. The van der Waals surface area contributed by atoms with E-state index in [0.717, 1.165) is 0 Å². The number of halogens is 2. The molecule has 3 rings (SSSR count). The maximum Gasteiger partial charge on any atom is 0.136 e. The summed E-state index contributed by atoms with van der Waals surface area (Å²) in [7, 11) is 0. The first-order valence-electron chi connectivity index (χ1n) is 7.47. The summed E-state index contributed by atoms with van der Waals surface area (Å²) in [5, 5.41) is 20.7. The van der Waals surface area contributed by atoms with Gasteiger partial charge in [-0.3, -0.25) is 0 Å². The molecule has 0 aliphatic rings. The number of benzene rings is 2. The van der Waals surface area contributed by atoms with Crippen LogP contribution in [-0.4, -0.2) is 5.97 Å². The number of hydrogen-bond donors (Lipinski definition) is 0.